The van der Waals surface area contributed by atoms with Crippen LogP contribution in [0.1, 0.15) is 0 Å². The summed E-state index contributed by atoms with van der Waals surface area (Å²) in [5, 5.41) is 9.43. The maximum atomic E-state index is 9.43. The number of ether oxygens (including phenoxy) is 1. The second-order valence-corrected chi connectivity index (χ2v) is 4.56. The zero-order valence-corrected chi connectivity index (χ0v) is 10.4. The topological polar surface area (TPSA) is 50.5 Å². The lowest BCUT2D eigenvalue weighted by Gasteiger charge is -2.35. The number of benzene rings is 1. The predicted molar refractivity (Wildman–Crippen MR) is 69.8 cm³/mol. The second-order valence-electron chi connectivity index (χ2n) is 4.56. The van der Waals surface area contributed by atoms with Gasteiger partial charge in [-0.3, -0.25) is 0 Å². The third kappa shape index (κ3) is 1.76. The number of aromatic nitrogens is 2. The molecule has 5 heteroatoms. The van der Waals surface area contributed by atoms with E-state index < -0.39 is 0 Å². The molecule has 1 aromatic heterocycles. The smallest absolute Gasteiger partial charge is 0.206 e. The number of aryl methyl sites for hydroxylation is 1. The lowest BCUT2D eigenvalue weighted by atomic mass is 10.2. The van der Waals surface area contributed by atoms with Crippen LogP contribution in [0.4, 0.5) is 5.95 Å². The van der Waals surface area contributed by atoms with Crippen molar-refractivity contribution in [2.24, 2.45) is 7.05 Å². The third-order valence-electron chi connectivity index (χ3n) is 3.46. The number of imidazole rings is 1. The summed E-state index contributed by atoms with van der Waals surface area (Å²) < 4.78 is 7.47. The molecule has 2 aromatic rings. The number of morpholine rings is 1. The van der Waals surface area contributed by atoms with E-state index in [1.54, 1.807) is 0 Å². The Bertz CT molecular complexity index is 552. The Balaban J connectivity index is 2.04. The quantitative estimate of drug-likeness (QED) is 0.851. The second kappa shape index (κ2) is 4.59. The molecular formula is C13H17N3O2. The van der Waals surface area contributed by atoms with Gasteiger partial charge in [-0.25, -0.2) is 4.98 Å². The summed E-state index contributed by atoms with van der Waals surface area (Å²) in [4.78, 5) is 6.78. The van der Waals surface area contributed by atoms with Crippen LogP contribution in [0.3, 0.4) is 0 Å². The number of fused-ring (bicyclic) bond motifs is 1. The van der Waals surface area contributed by atoms with E-state index >= 15 is 0 Å². The summed E-state index contributed by atoms with van der Waals surface area (Å²) >= 11 is 0. The molecule has 1 atom stereocenters. The number of anilines is 1. The van der Waals surface area contributed by atoms with Gasteiger partial charge >= 0.3 is 0 Å². The molecule has 1 fully saturated rings. The van der Waals surface area contributed by atoms with Crippen LogP contribution in [0.5, 0.6) is 0 Å². The van der Waals surface area contributed by atoms with Crippen molar-refractivity contribution in [3.8, 4) is 0 Å². The van der Waals surface area contributed by atoms with Crippen molar-refractivity contribution in [3.05, 3.63) is 24.3 Å². The molecule has 0 aliphatic carbocycles. The van der Waals surface area contributed by atoms with Gasteiger partial charge in [0.15, 0.2) is 0 Å². The minimum atomic E-state index is -0.00531. The van der Waals surface area contributed by atoms with E-state index in [9.17, 15) is 5.11 Å². The van der Waals surface area contributed by atoms with Gasteiger partial charge in [0, 0.05) is 13.6 Å². The molecule has 1 aliphatic heterocycles. The first kappa shape index (κ1) is 11.5. The van der Waals surface area contributed by atoms with Gasteiger partial charge in [0.05, 0.1) is 36.9 Å². The first-order valence-electron chi connectivity index (χ1n) is 6.18. The van der Waals surface area contributed by atoms with Crippen LogP contribution < -0.4 is 4.90 Å². The number of hydrogen-bond donors (Lipinski definition) is 1. The fourth-order valence-electron chi connectivity index (χ4n) is 2.46. The van der Waals surface area contributed by atoms with Crippen molar-refractivity contribution < 1.29 is 9.84 Å². The maximum absolute atomic E-state index is 9.43. The average Bonchev–Trinajstić information content (AvgIpc) is 2.76. The molecule has 1 saturated heterocycles. The number of rotatable bonds is 2. The normalized spacial score (nSPS) is 20.6. The summed E-state index contributed by atoms with van der Waals surface area (Å²) in [6, 6.07) is 8.06. The van der Waals surface area contributed by atoms with Crippen LogP contribution in [0, 0.1) is 0 Å². The van der Waals surface area contributed by atoms with Gasteiger partial charge < -0.3 is 19.3 Å². The lowest BCUT2D eigenvalue weighted by molar-refractivity contribution is 0.0716. The lowest BCUT2D eigenvalue weighted by Crippen LogP contribution is -2.48. The number of hydrogen-bond acceptors (Lipinski definition) is 4. The molecule has 0 bridgehead atoms. The van der Waals surface area contributed by atoms with Crippen LogP contribution in [0.25, 0.3) is 11.0 Å². The molecule has 0 saturated carbocycles. The Kier molecular flexibility index (Phi) is 2.93. The number of nitrogens with zero attached hydrogens (tertiary/aromatic N) is 3. The molecule has 1 aliphatic rings. The Morgan fingerprint density at radius 1 is 1.44 bits per heavy atom. The molecule has 1 aromatic carbocycles. The Morgan fingerprint density at radius 2 is 2.28 bits per heavy atom. The fraction of sp³-hybridized carbons (Fsp3) is 0.462. The molecular weight excluding hydrogens is 230 g/mol. The SMILES string of the molecule is Cn1c(N2CCOCC2CO)nc2ccccc21. The third-order valence-corrected chi connectivity index (χ3v) is 3.46. The number of para-hydroxylation sites is 2. The molecule has 0 spiro atoms. The highest BCUT2D eigenvalue weighted by atomic mass is 16.5. The van der Waals surface area contributed by atoms with E-state index in [2.05, 4.69) is 20.5 Å². The molecule has 5 nitrogen and oxygen atoms in total. The standard InChI is InChI=1S/C13H17N3O2/c1-15-12-5-3-2-4-11(12)14-13(15)16-6-7-18-9-10(16)8-17/h2-5,10,17H,6-9H2,1H3. The highest BCUT2D eigenvalue weighted by Gasteiger charge is 2.26. The van der Waals surface area contributed by atoms with Gasteiger partial charge in [0.2, 0.25) is 5.95 Å². The molecule has 1 unspecified atom stereocenters. The minimum Gasteiger partial charge on any atom is -0.394 e. The maximum Gasteiger partial charge on any atom is 0.206 e. The van der Waals surface area contributed by atoms with E-state index in [4.69, 9.17) is 4.74 Å². The molecule has 0 radical (unpaired) electrons. The highest BCUT2D eigenvalue weighted by molar-refractivity contribution is 5.78. The summed E-state index contributed by atoms with van der Waals surface area (Å²) in [6.07, 6.45) is 0. The van der Waals surface area contributed by atoms with Crippen molar-refractivity contribution in [1.29, 1.82) is 0 Å². The van der Waals surface area contributed by atoms with Crippen LogP contribution in [-0.4, -0.2) is 47.1 Å². The van der Waals surface area contributed by atoms with Crippen molar-refractivity contribution in [2.45, 2.75) is 6.04 Å². The van der Waals surface area contributed by atoms with Gasteiger partial charge in [-0.1, -0.05) is 12.1 Å². The van der Waals surface area contributed by atoms with Gasteiger partial charge in [0.25, 0.3) is 0 Å². The summed E-state index contributed by atoms with van der Waals surface area (Å²) in [5.41, 5.74) is 2.09. The van der Waals surface area contributed by atoms with Crippen molar-refractivity contribution in [1.82, 2.24) is 9.55 Å². The molecule has 1 N–H and O–H groups in total. The van der Waals surface area contributed by atoms with E-state index in [-0.39, 0.29) is 12.6 Å². The van der Waals surface area contributed by atoms with Crippen molar-refractivity contribution in [2.75, 3.05) is 31.3 Å². The molecule has 96 valence electrons. The van der Waals surface area contributed by atoms with Crippen molar-refractivity contribution in [3.63, 3.8) is 0 Å². The Hall–Kier alpha value is -1.59. The molecule has 0 amide bonds. The van der Waals surface area contributed by atoms with E-state index in [0.29, 0.717) is 13.2 Å². The largest absolute Gasteiger partial charge is 0.394 e. The zero-order valence-electron chi connectivity index (χ0n) is 10.4. The van der Waals surface area contributed by atoms with Crippen LogP contribution >= 0.6 is 0 Å². The van der Waals surface area contributed by atoms with E-state index in [0.717, 1.165) is 23.5 Å². The minimum absolute atomic E-state index is 0.00531. The Morgan fingerprint density at radius 3 is 3.06 bits per heavy atom. The molecule has 3 rings (SSSR count). The van der Waals surface area contributed by atoms with Gasteiger partial charge in [-0.15, -0.1) is 0 Å². The first-order valence-corrected chi connectivity index (χ1v) is 6.18. The predicted octanol–water partition coefficient (Wildman–Crippen LogP) is 0.771. The Labute approximate surface area is 106 Å². The van der Waals surface area contributed by atoms with Gasteiger partial charge in [0.1, 0.15) is 0 Å². The van der Waals surface area contributed by atoms with Gasteiger partial charge in [-0.2, -0.15) is 0 Å². The summed E-state index contributed by atoms with van der Waals surface area (Å²) in [7, 11) is 2.01. The number of aliphatic hydroxyl groups is 1. The molecule has 2 heterocycles. The van der Waals surface area contributed by atoms with E-state index in [1.165, 1.54) is 0 Å². The molecule has 18 heavy (non-hydrogen) atoms. The van der Waals surface area contributed by atoms with Crippen LogP contribution in [0.2, 0.25) is 0 Å². The highest BCUT2D eigenvalue weighted by Crippen LogP contribution is 2.23. The first-order chi connectivity index (χ1) is 8.81. The average molecular weight is 247 g/mol. The summed E-state index contributed by atoms with van der Waals surface area (Å²) in [6.45, 7) is 2.09. The fourth-order valence-corrected chi connectivity index (χ4v) is 2.46. The van der Waals surface area contributed by atoms with Crippen LogP contribution in [-0.2, 0) is 11.8 Å². The zero-order chi connectivity index (χ0) is 12.5. The summed E-state index contributed by atoms with van der Waals surface area (Å²) in [5.74, 6) is 0.901. The van der Waals surface area contributed by atoms with Gasteiger partial charge in [-0.05, 0) is 12.1 Å². The van der Waals surface area contributed by atoms with Crippen LogP contribution in [0.15, 0.2) is 24.3 Å². The van der Waals surface area contributed by atoms with Crippen molar-refractivity contribution >= 4 is 17.0 Å². The monoisotopic (exact) mass is 247 g/mol. The van der Waals surface area contributed by atoms with E-state index in [1.807, 2.05) is 25.2 Å². The number of aliphatic hydroxyl groups excluding tert-OH is 1.